The first kappa shape index (κ1) is 14.8. The van der Waals surface area contributed by atoms with Gasteiger partial charge in [-0.25, -0.2) is 17.2 Å². The maximum atomic E-state index is 12.9. The van der Waals surface area contributed by atoms with Crippen LogP contribution < -0.4 is 5.73 Å². The lowest BCUT2D eigenvalue weighted by molar-refractivity contribution is -0.0328. The zero-order valence-electron chi connectivity index (χ0n) is 10.2. The Labute approximate surface area is 102 Å². The molecule has 1 rings (SSSR count). The summed E-state index contributed by atoms with van der Waals surface area (Å²) in [4.78, 5) is 0. The summed E-state index contributed by atoms with van der Waals surface area (Å²) in [6, 6.07) is -0.0131. The van der Waals surface area contributed by atoms with E-state index in [1.54, 1.807) is 0 Å². The molecule has 1 aliphatic rings. The third-order valence-electron chi connectivity index (χ3n) is 3.26. The number of sulfone groups is 1. The molecule has 0 saturated heterocycles. The summed E-state index contributed by atoms with van der Waals surface area (Å²) < 4.78 is 49.6. The zero-order valence-corrected chi connectivity index (χ0v) is 11.0. The Kier molecular flexibility index (Phi) is 4.89. The fraction of sp³-hybridized carbons (Fsp3) is 1.00. The average Bonchev–Trinajstić information content (AvgIpc) is 2.15. The Hall–Kier alpha value is -0.230. The van der Waals surface area contributed by atoms with Crippen LogP contribution in [0.2, 0.25) is 0 Å². The number of halogens is 2. The molecule has 0 aromatic carbocycles. The van der Waals surface area contributed by atoms with Crippen LogP contribution in [0.25, 0.3) is 0 Å². The number of alkyl halides is 2. The summed E-state index contributed by atoms with van der Waals surface area (Å²) in [6.07, 6.45) is 0.754. The Bertz CT molecular complexity index is 331. The molecule has 6 heteroatoms. The highest BCUT2D eigenvalue weighted by molar-refractivity contribution is 7.92. The number of hydrogen-bond donors (Lipinski definition) is 1. The highest BCUT2D eigenvalue weighted by Gasteiger charge is 2.39. The van der Waals surface area contributed by atoms with Crippen molar-refractivity contribution in [2.24, 2.45) is 5.73 Å². The van der Waals surface area contributed by atoms with Gasteiger partial charge in [0.25, 0.3) is 0 Å². The summed E-state index contributed by atoms with van der Waals surface area (Å²) in [5.41, 5.74) is 5.54. The molecule has 1 saturated carbocycles. The van der Waals surface area contributed by atoms with Gasteiger partial charge in [0.15, 0.2) is 9.84 Å². The van der Waals surface area contributed by atoms with Gasteiger partial charge in [0.05, 0.1) is 11.0 Å². The molecular formula is C11H21F2NO2S. The molecule has 1 atom stereocenters. The third-order valence-corrected chi connectivity index (χ3v) is 5.61. The molecule has 0 spiro atoms. The number of rotatable bonds is 5. The van der Waals surface area contributed by atoms with Crippen LogP contribution >= 0.6 is 0 Å². The molecule has 0 aliphatic heterocycles. The lowest BCUT2D eigenvalue weighted by Crippen LogP contribution is -2.34. The molecule has 1 unspecified atom stereocenters. The van der Waals surface area contributed by atoms with E-state index in [1.807, 2.05) is 6.92 Å². The van der Waals surface area contributed by atoms with Crippen molar-refractivity contribution < 1.29 is 17.2 Å². The summed E-state index contributed by atoms with van der Waals surface area (Å²) in [7, 11) is -3.22. The minimum atomic E-state index is -3.22. The zero-order chi connectivity index (χ0) is 13.1. The van der Waals surface area contributed by atoms with Crippen molar-refractivity contribution in [2.45, 2.75) is 62.7 Å². The Morgan fingerprint density at radius 1 is 1.35 bits per heavy atom. The molecule has 0 bridgehead atoms. The minimum absolute atomic E-state index is 0.0131. The van der Waals surface area contributed by atoms with E-state index in [0.29, 0.717) is 12.8 Å². The average molecular weight is 269 g/mol. The summed E-state index contributed by atoms with van der Waals surface area (Å²) in [6.45, 7) is 1.83. The molecule has 1 aliphatic carbocycles. The predicted octanol–water partition coefficient (Wildman–Crippen LogP) is 2.11. The Morgan fingerprint density at radius 2 is 1.88 bits per heavy atom. The van der Waals surface area contributed by atoms with E-state index >= 15 is 0 Å². The third kappa shape index (κ3) is 4.87. The molecule has 0 radical (unpaired) electrons. The molecule has 3 nitrogen and oxygen atoms in total. The van der Waals surface area contributed by atoms with Crippen molar-refractivity contribution in [1.29, 1.82) is 0 Å². The summed E-state index contributed by atoms with van der Waals surface area (Å²) >= 11 is 0. The van der Waals surface area contributed by atoms with Gasteiger partial charge in [-0.2, -0.15) is 0 Å². The van der Waals surface area contributed by atoms with E-state index < -0.39 is 21.0 Å². The smallest absolute Gasteiger partial charge is 0.248 e. The molecule has 0 aromatic heterocycles. The van der Waals surface area contributed by atoms with Crippen LogP contribution in [0.5, 0.6) is 0 Å². The van der Waals surface area contributed by atoms with E-state index in [4.69, 9.17) is 5.73 Å². The fourth-order valence-electron chi connectivity index (χ4n) is 2.15. The van der Waals surface area contributed by atoms with Gasteiger partial charge in [-0.15, -0.1) is 0 Å². The van der Waals surface area contributed by atoms with Crippen molar-refractivity contribution in [3.63, 3.8) is 0 Å². The normalized spacial score (nSPS) is 23.5. The first-order valence-corrected chi connectivity index (χ1v) is 7.79. The highest BCUT2D eigenvalue weighted by Crippen LogP contribution is 2.36. The van der Waals surface area contributed by atoms with Crippen LogP contribution in [0, 0.1) is 0 Å². The SMILES string of the molecule is CC(N)CCCS(=O)(=O)C1CCC(F)(F)CC1. The summed E-state index contributed by atoms with van der Waals surface area (Å²) in [5.74, 6) is -2.59. The van der Waals surface area contributed by atoms with Crippen LogP contribution in [-0.4, -0.2) is 31.4 Å². The van der Waals surface area contributed by atoms with Gasteiger partial charge < -0.3 is 5.73 Å². The van der Waals surface area contributed by atoms with Crippen LogP contribution in [0.1, 0.15) is 45.4 Å². The molecule has 17 heavy (non-hydrogen) atoms. The highest BCUT2D eigenvalue weighted by atomic mass is 32.2. The lowest BCUT2D eigenvalue weighted by Gasteiger charge is -2.28. The van der Waals surface area contributed by atoms with Crippen LogP contribution in [0.15, 0.2) is 0 Å². The minimum Gasteiger partial charge on any atom is -0.328 e. The van der Waals surface area contributed by atoms with Crippen molar-refractivity contribution in [1.82, 2.24) is 0 Å². The summed E-state index contributed by atoms with van der Waals surface area (Å²) in [5, 5.41) is -0.574. The maximum Gasteiger partial charge on any atom is 0.248 e. The van der Waals surface area contributed by atoms with Gasteiger partial charge in [0.1, 0.15) is 0 Å². The number of nitrogens with two attached hydrogens (primary N) is 1. The lowest BCUT2D eigenvalue weighted by atomic mass is 9.96. The predicted molar refractivity (Wildman–Crippen MR) is 63.9 cm³/mol. The van der Waals surface area contributed by atoms with Crippen molar-refractivity contribution >= 4 is 9.84 Å². The fourth-order valence-corrected chi connectivity index (χ4v) is 4.00. The van der Waals surface area contributed by atoms with E-state index in [9.17, 15) is 17.2 Å². The molecule has 2 N–H and O–H groups in total. The first-order valence-electron chi connectivity index (χ1n) is 6.08. The maximum absolute atomic E-state index is 12.9. The number of hydrogen-bond acceptors (Lipinski definition) is 3. The van der Waals surface area contributed by atoms with E-state index in [0.717, 1.165) is 0 Å². The first-order chi connectivity index (χ1) is 7.73. The van der Waals surface area contributed by atoms with Gasteiger partial charge in [-0.3, -0.25) is 0 Å². The molecule has 0 aromatic rings. The van der Waals surface area contributed by atoms with Gasteiger partial charge in [0, 0.05) is 18.9 Å². The van der Waals surface area contributed by atoms with Crippen molar-refractivity contribution in [2.75, 3.05) is 5.75 Å². The van der Waals surface area contributed by atoms with Crippen LogP contribution in [0.4, 0.5) is 8.78 Å². The second-order valence-corrected chi connectivity index (χ2v) is 7.44. The molecule has 0 heterocycles. The van der Waals surface area contributed by atoms with Crippen LogP contribution in [0.3, 0.4) is 0 Å². The monoisotopic (exact) mass is 269 g/mol. The van der Waals surface area contributed by atoms with Gasteiger partial charge in [-0.05, 0) is 32.6 Å². The van der Waals surface area contributed by atoms with Crippen LogP contribution in [-0.2, 0) is 9.84 Å². The van der Waals surface area contributed by atoms with Crippen molar-refractivity contribution in [3.05, 3.63) is 0 Å². The molecular weight excluding hydrogens is 248 g/mol. The molecule has 1 fully saturated rings. The van der Waals surface area contributed by atoms with Gasteiger partial charge in [-0.1, -0.05) is 0 Å². The van der Waals surface area contributed by atoms with Gasteiger partial charge in [0.2, 0.25) is 5.92 Å². The van der Waals surface area contributed by atoms with Crippen molar-refractivity contribution in [3.8, 4) is 0 Å². The quantitative estimate of drug-likeness (QED) is 0.831. The standard InChI is InChI=1S/C11H21F2NO2S/c1-9(14)3-2-8-17(15,16)10-4-6-11(12,13)7-5-10/h9-10H,2-8,14H2,1H3. The van der Waals surface area contributed by atoms with E-state index in [1.165, 1.54) is 0 Å². The van der Waals surface area contributed by atoms with E-state index in [-0.39, 0.29) is 37.5 Å². The topological polar surface area (TPSA) is 60.2 Å². The largest absolute Gasteiger partial charge is 0.328 e. The molecule has 102 valence electrons. The second kappa shape index (κ2) is 5.61. The Morgan fingerprint density at radius 3 is 2.35 bits per heavy atom. The molecule has 0 amide bonds. The second-order valence-electron chi connectivity index (χ2n) is 5.04. The Balaban J connectivity index is 2.43. The van der Waals surface area contributed by atoms with E-state index in [2.05, 4.69) is 0 Å². The van der Waals surface area contributed by atoms with Gasteiger partial charge >= 0.3 is 0 Å².